The first-order valence-electron chi connectivity index (χ1n) is 5.12. The fraction of sp³-hybridized carbons (Fsp3) is 1.00. The van der Waals surface area contributed by atoms with Gasteiger partial charge in [0.05, 0.1) is 0 Å². The molecule has 12 heavy (non-hydrogen) atoms. The second-order valence-electron chi connectivity index (χ2n) is 5.52. The summed E-state index contributed by atoms with van der Waals surface area (Å²) in [6, 6.07) is 0. The lowest BCUT2D eigenvalue weighted by Gasteiger charge is -2.33. The van der Waals surface area contributed by atoms with Gasteiger partial charge in [0, 0.05) is 5.25 Å². The van der Waals surface area contributed by atoms with Crippen LogP contribution >= 0.6 is 12.6 Å². The Balaban J connectivity index is 2.24. The molecule has 0 aliphatic heterocycles. The van der Waals surface area contributed by atoms with Crippen LogP contribution in [-0.2, 0) is 0 Å². The second kappa shape index (κ2) is 2.23. The van der Waals surface area contributed by atoms with Crippen molar-refractivity contribution >= 4 is 12.6 Å². The van der Waals surface area contributed by atoms with Gasteiger partial charge in [0.1, 0.15) is 0 Å². The van der Waals surface area contributed by atoms with E-state index >= 15 is 0 Å². The zero-order chi connectivity index (χ0) is 9.15. The average molecular weight is 184 g/mol. The average Bonchev–Trinajstić information content (AvgIpc) is 2.36. The Hall–Kier alpha value is 0.350. The van der Waals surface area contributed by atoms with Crippen molar-refractivity contribution in [2.24, 2.45) is 22.7 Å². The molecule has 2 fully saturated rings. The van der Waals surface area contributed by atoms with Crippen LogP contribution in [0.15, 0.2) is 0 Å². The highest BCUT2D eigenvalue weighted by Crippen LogP contribution is 2.75. The molecule has 2 saturated carbocycles. The van der Waals surface area contributed by atoms with Gasteiger partial charge in [0.15, 0.2) is 0 Å². The highest BCUT2D eigenvalue weighted by Gasteiger charge is 2.70. The summed E-state index contributed by atoms with van der Waals surface area (Å²) in [7, 11) is 0. The Morgan fingerprint density at radius 3 is 2.25 bits per heavy atom. The molecule has 0 saturated heterocycles. The topological polar surface area (TPSA) is 0 Å². The summed E-state index contributed by atoms with van der Waals surface area (Å²) in [5.41, 5.74) is 1.15. The molecule has 70 valence electrons. The van der Waals surface area contributed by atoms with E-state index in [4.69, 9.17) is 12.6 Å². The van der Waals surface area contributed by atoms with E-state index in [1.54, 1.807) is 0 Å². The molecule has 2 aliphatic rings. The molecule has 4 unspecified atom stereocenters. The van der Waals surface area contributed by atoms with Crippen LogP contribution in [0.4, 0.5) is 0 Å². The van der Waals surface area contributed by atoms with Crippen LogP contribution in [0, 0.1) is 22.7 Å². The van der Waals surface area contributed by atoms with Crippen molar-refractivity contribution in [2.75, 3.05) is 0 Å². The van der Waals surface area contributed by atoms with Gasteiger partial charge in [-0.1, -0.05) is 27.7 Å². The minimum absolute atomic E-state index is 0.525. The molecule has 0 spiro atoms. The van der Waals surface area contributed by atoms with E-state index in [1.165, 1.54) is 12.8 Å². The molecule has 2 aliphatic carbocycles. The van der Waals surface area contributed by atoms with Crippen LogP contribution in [0.3, 0.4) is 0 Å². The smallest absolute Gasteiger partial charge is 0.00764 e. The summed E-state index contributed by atoms with van der Waals surface area (Å²) in [5.74, 6) is 1.93. The molecule has 4 atom stereocenters. The predicted molar refractivity (Wildman–Crippen MR) is 56.6 cm³/mol. The number of hydrogen-bond donors (Lipinski definition) is 1. The van der Waals surface area contributed by atoms with Crippen LogP contribution < -0.4 is 0 Å². The molecule has 2 rings (SSSR count). The zero-order valence-corrected chi connectivity index (χ0v) is 9.49. The van der Waals surface area contributed by atoms with Gasteiger partial charge in [-0.05, 0) is 35.5 Å². The van der Waals surface area contributed by atoms with Crippen molar-refractivity contribution in [3.8, 4) is 0 Å². The Morgan fingerprint density at radius 2 is 1.92 bits per heavy atom. The minimum atomic E-state index is 0.525. The van der Waals surface area contributed by atoms with Gasteiger partial charge in [-0.2, -0.15) is 12.6 Å². The summed E-state index contributed by atoms with van der Waals surface area (Å²) in [4.78, 5) is 0. The Morgan fingerprint density at radius 1 is 1.33 bits per heavy atom. The van der Waals surface area contributed by atoms with E-state index < -0.39 is 0 Å². The van der Waals surface area contributed by atoms with Gasteiger partial charge >= 0.3 is 0 Å². The predicted octanol–water partition coefficient (Wildman–Crippen LogP) is 3.38. The molecule has 0 heterocycles. The highest BCUT2D eigenvalue weighted by atomic mass is 32.1. The summed E-state index contributed by atoms with van der Waals surface area (Å²) in [6.45, 7) is 9.61. The van der Waals surface area contributed by atoms with Gasteiger partial charge in [-0.15, -0.1) is 0 Å². The van der Waals surface area contributed by atoms with E-state index in [-0.39, 0.29) is 0 Å². The van der Waals surface area contributed by atoms with Crippen LogP contribution in [0.2, 0.25) is 0 Å². The number of thiol groups is 1. The summed E-state index contributed by atoms with van der Waals surface area (Å²) < 4.78 is 0. The molecular weight excluding hydrogens is 164 g/mol. The van der Waals surface area contributed by atoms with Crippen LogP contribution in [0.1, 0.15) is 40.5 Å². The summed E-state index contributed by atoms with van der Waals surface area (Å²) >= 11 is 4.72. The molecule has 0 nitrogen and oxygen atoms in total. The van der Waals surface area contributed by atoms with E-state index in [0.717, 1.165) is 11.8 Å². The maximum absolute atomic E-state index is 4.72. The standard InChI is InChI=1S/C11H20S/c1-5-11(4)8(12)6-7-9(11)10(7,2)3/h7-9,12H,5-6H2,1-4H3. The van der Waals surface area contributed by atoms with E-state index in [1.807, 2.05) is 0 Å². The maximum atomic E-state index is 4.72. The molecule has 0 bridgehead atoms. The SMILES string of the molecule is CCC1(C)C(S)CC2C1C2(C)C. The normalized spacial score (nSPS) is 55.2. The third-order valence-corrected chi connectivity index (χ3v) is 5.56. The van der Waals surface area contributed by atoms with Crippen molar-refractivity contribution in [1.82, 2.24) is 0 Å². The van der Waals surface area contributed by atoms with Gasteiger partial charge < -0.3 is 0 Å². The second-order valence-corrected chi connectivity index (χ2v) is 6.14. The quantitative estimate of drug-likeness (QED) is 0.593. The zero-order valence-electron chi connectivity index (χ0n) is 8.59. The molecular formula is C11H20S. The highest BCUT2D eigenvalue weighted by molar-refractivity contribution is 7.81. The first-order chi connectivity index (χ1) is 5.44. The molecule has 0 aromatic carbocycles. The third kappa shape index (κ3) is 0.814. The van der Waals surface area contributed by atoms with Gasteiger partial charge in [-0.25, -0.2) is 0 Å². The molecule has 0 amide bonds. The van der Waals surface area contributed by atoms with Gasteiger partial charge in [-0.3, -0.25) is 0 Å². The van der Waals surface area contributed by atoms with Crippen molar-refractivity contribution in [3.05, 3.63) is 0 Å². The molecule has 0 aromatic rings. The monoisotopic (exact) mass is 184 g/mol. The Bertz CT molecular complexity index is 209. The lowest BCUT2D eigenvalue weighted by atomic mass is 9.77. The maximum Gasteiger partial charge on any atom is 0.00764 e. The third-order valence-electron chi connectivity index (χ3n) is 4.76. The first kappa shape index (κ1) is 8.93. The largest absolute Gasteiger partial charge is 0.175 e. The van der Waals surface area contributed by atoms with Crippen molar-refractivity contribution in [2.45, 2.75) is 45.8 Å². The summed E-state index contributed by atoms with van der Waals surface area (Å²) in [5, 5.41) is 0.658. The van der Waals surface area contributed by atoms with E-state index in [9.17, 15) is 0 Å². The van der Waals surface area contributed by atoms with Crippen LogP contribution in [0.25, 0.3) is 0 Å². The van der Waals surface area contributed by atoms with Gasteiger partial charge in [0.2, 0.25) is 0 Å². The lowest BCUT2D eigenvalue weighted by Crippen LogP contribution is -2.29. The van der Waals surface area contributed by atoms with Crippen molar-refractivity contribution in [1.29, 1.82) is 0 Å². The lowest BCUT2D eigenvalue weighted by molar-refractivity contribution is 0.232. The Labute approximate surface area is 81.5 Å². The molecule has 1 heteroatoms. The van der Waals surface area contributed by atoms with Gasteiger partial charge in [0.25, 0.3) is 0 Å². The minimum Gasteiger partial charge on any atom is -0.175 e. The number of rotatable bonds is 1. The van der Waals surface area contributed by atoms with E-state index in [2.05, 4.69) is 27.7 Å². The molecule has 0 aromatic heterocycles. The van der Waals surface area contributed by atoms with E-state index in [0.29, 0.717) is 16.1 Å². The van der Waals surface area contributed by atoms with Crippen LogP contribution in [-0.4, -0.2) is 5.25 Å². The van der Waals surface area contributed by atoms with Crippen LogP contribution in [0.5, 0.6) is 0 Å². The molecule has 0 radical (unpaired) electrons. The fourth-order valence-corrected chi connectivity index (χ4v) is 4.24. The van der Waals surface area contributed by atoms with Crippen molar-refractivity contribution < 1.29 is 0 Å². The fourth-order valence-electron chi connectivity index (χ4n) is 3.67. The summed E-state index contributed by atoms with van der Waals surface area (Å²) in [6.07, 6.45) is 2.65. The number of fused-ring (bicyclic) bond motifs is 1. The first-order valence-corrected chi connectivity index (χ1v) is 5.64. The van der Waals surface area contributed by atoms with Crippen molar-refractivity contribution in [3.63, 3.8) is 0 Å². The Kier molecular flexibility index (Phi) is 1.66. The number of hydrogen-bond acceptors (Lipinski definition) is 1. The molecule has 0 N–H and O–H groups in total.